The van der Waals surface area contributed by atoms with Crippen LogP contribution < -0.4 is 0 Å². The number of rotatable bonds is 5. The van der Waals surface area contributed by atoms with Gasteiger partial charge in [0.05, 0.1) is 0 Å². The van der Waals surface area contributed by atoms with Gasteiger partial charge in [-0.15, -0.1) is 0 Å². The molecule has 0 unspecified atom stereocenters. The minimum atomic E-state index is -0.519. The van der Waals surface area contributed by atoms with Gasteiger partial charge in [-0.3, -0.25) is 0 Å². The van der Waals surface area contributed by atoms with Crippen molar-refractivity contribution in [2.45, 2.75) is 5.75 Å². The molecule has 0 amide bonds. The molecule has 0 saturated carbocycles. The van der Waals surface area contributed by atoms with Crippen LogP contribution in [0.2, 0.25) is 0 Å². The smallest absolute Gasteiger partial charge is 0.130 e. The predicted molar refractivity (Wildman–Crippen MR) is 61.1 cm³/mol. The molecule has 0 bridgehead atoms. The summed E-state index contributed by atoms with van der Waals surface area (Å²) < 4.78 is 25.8. The van der Waals surface area contributed by atoms with Crippen molar-refractivity contribution < 1.29 is 8.78 Å². The van der Waals surface area contributed by atoms with Crippen molar-refractivity contribution in [2.24, 2.45) is 0 Å². The first-order valence-corrected chi connectivity index (χ1v) is 5.91. The van der Waals surface area contributed by atoms with Crippen molar-refractivity contribution in [1.29, 1.82) is 0 Å². The Kier molecular flexibility index (Phi) is 5.05. The predicted octanol–water partition coefficient (Wildman–Crippen LogP) is 2.76. The van der Waals surface area contributed by atoms with Crippen molar-refractivity contribution in [3.8, 4) is 0 Å². The van der Waals surface area contributed by atoms with Crippen LogP contribution in [-0.4, -0.2) is 31.3 Å². The standard InChI is InChI=1S/C11H15F2NS/c1-14(2)5-6-15-8-9-3-4-10(12)7-11(9)13/h3-4,7H,5-6,8H2,1-2H3. The first-order chi connectivity index (χ1) is 7.09. The Labute approximate surface area is 93.5 Å². The average Bonchev–Trinajstić information content (AvgIpc) is 2.14. The molecule has 1 aromatic rings. The lowest BCUT2D eigenvalue weighted by molar-refractivity contribution is 0.437. The molecule has 0 aliphatic carbocycles. The quantitative estimate of drug-likeness (QED) is 0.717. The van der Waals surface area contributed by atoms with Gasteiger partial charge in [-0.25, -0.2) is 8.78 Å². The van der Waals surface area contributed by atoms with E-state index in [4.69, 9.17) is 0 Å². The molecule has 0 aliphatic heterocycles. The Balaban J connectivity index is 2.37. The molecule has 1 nitrogen and oxygen atoms in total. The number of halogens is 2. The van der Waals surface area contributed by atoms with E-state index < -0.39 is 11.6 Å². The molecular weight excluding hydrogens is 216 g/mol. The second-order valence-corrected chi connectivity index (χ2v) is 4.70. The zero-order valence-electron chi connectivity index (χ0n) is 8.96. The minimum absolute atomic E-state index is 0.452. The largest absolute Gasteiger partial charge is 0.309 e. The van der Waals surface area contributed by atoms with Gasteiger partial charge in [0.25, 0.3) is 0 Å². The highest BCUT2D eigenvalue weighted by atomic mass is 32.2. The topological polar surface area (TPSA) is 3.24 Å². The first kappa shape index (κ1) is 12.5. The van der Waals surface area contributed by atoms with E-state index in [0.29, 0.717) is 11.3 Å². The van der Waals surface area contributed by atoms with Crippen molar-refractivity contribution >= 4 is 11.8 Å². The molecule has 0 spiro atoms. The van der Waals surface area contributed by atoms with E-state index in [9.17, 15) is 8.78 Å². The van der Waals surface area contributed by atoms with E-state index in [1.807, 2.05) is 14.1 Å². The summed E-state index contributed by atoms with van der Waals surface area (Å²) in [6.45, 7) is 0.966. The maximum absolute atomic E-state index is 13.2. The highest BCUT2D eigenvalue weighted by molar-refractivity contribution is 7.98. The summed E-state index contributed by atoms with van der Waals surface area (Å²) in [5, 5.41) is 0. The summed E-state index contributed by atoms with van der Waals surface area (Å²) in [6.07, 6.45) is 0. The monoisotopic (exact) mass is 231 g/mol. The van der Waals surface area contributed by atoms with Crippen LogP contribution in [0.1, 0.15) is 5.56 Å². The third-order valence-corrected chi connectivity index (χ3v) is 2.94. The zero-order chi connectivity index (χ0) is 11.3. The number of hydrogen-bond donors (Lipinski definition) is 0. The van der Waals surface area contributed by atoms with Gasteiger partial charge in [-0.05, 0) is 25.7 Å². The van der Waals surface area contributed by atoms with Crippen LogP contribution in [0.4, 0.5) is 8.78 Å². The van der Waals surface area contributed by atoms with Gasteiger partial charge in [0, 0.05) is 24.1 Å². The molecule has 1 aromatic carbocycles. The molecule has 0 fully saturated rings. The van der Waals surface area contributed by atoms with Crippen molar-refractivity contribution in [2.75, 3.05) is 26.4 Å². The minimum Gasteiger partial charge on any atom is -0.309 e. The van der Waals surface area contributed by atoms with Crippen LogP contribution >= 0.6 is 11.8 Å². The highest BCUT2D eigenvalue weighted by Crippen LogP contribution is 2.16. The summed E-state index contributed by atoms with van der Waals surface area (Å²) in [6, 6.07) is 3.74. The lowest BCUT2D eigenvalue weighted by Crippen LogP contribution is -2.14. The van der Waals surface area contributed by atoms with E-state index in [0.717, 1.165) is 18.4 Å². The lowest BCUT2D eigenvalue weighted by atomic mass is 10.2. The maximum atomic E-state index is 13.2. The van der Waals surface area contributed by atoms with E-state index in [1.165, 1.54) is 12.1 Å². The molecule has 15 heavy (non-hydrogen) atoms. The van der Waals surface area contributed by atoms with Crippen molar-refractivity contribution in [3.05, 3.63) is 35.4 Å². The van der Waals surface area contributed by atoms with Gasteiger partial charge in [0.1, 0.15) is 11.6 Å². The molecular formula is C11H15F2NS. The molecule has 0 aliphatic rings. The maximum Gasteiger partial charge on any atom is 0.130 e. The fourth-order valence-corrected chi connectivity index (χ4v) is 2.16. The molecule has 0 aromatic heterocycles. The van der Waals surface area contributed by atoms with E-state index in [-0.39, 0.29) is 0 Å². The average molecular weight is 231 g/mol. The fraction of sp³-hybridized carbons (Fsp3) is 0.455. The molecule has 4 heteroatoms. The normalized spacial score (nSPS) is 11.0. The number of hydrogen-bond acceptors (Lipinski definition) is 2. The second kappa shape index (κ2) is 6.08. The third-order valence-electron chi connectivity index (χ3n) is 1.96. The van der Waals surface area contributed by atoms with Crippen LogP contribution in [0.3, 0.4) is 0 Å². The summed E-state index contributed by atoms with van der Waals surface area (Å²) >= 11 is 1.65. The Bertz CT molecular complexity index is 315. The summed E-state index contributed by atoms with van der Waals surface area (Å²) in [5.41, 5.74) is 0.570. The summed E-state index contributed by atoms with van der Waals surface area (Å²) in [4.78, 5) is 2.08. The van der Waals surface area contributed by atoms with Gasteiger partial charge in [-0.1, -0.05) is 6.07 Å². The van der Waals surface area contributed by atoms with Crippen LogP contribution in [0, 0.1) is 11.6 Å². The fourth-order valence-electron chi connectivity index (χ4n) is 1.07. The van der Waals surface area contributed by atoms with Crippen LogP contribution in [0.25, 0.3) is 0 Å². The van der Waals surface area contributed by atoms with Crippen molar-refractivity contribution in [3.63, 3.8) is 0 Å². The Morgan fingerprint density at radius 1 is 1.27 bits per heavy atom. The number of thioether (sulfide) groups is 1. The summed E-state index contributed by atoms with van der Waals surface area (Å²) in [5.74, 6) is 0.575. The molecule has 84 valence electrons. The molecule has 0 atom stereocenters. The Hall–Kier alpha value is -0.610. The van der Waals surface area contributed by atoms with Gasteiger partial charge < -0.3 is 4.90 Å². The Morgan fingerprint density at radius 2 is 2.00 bits per heavy atom. The molecule has 1 rings (SSSR count). The molecule has 0 saturated heterocycles. The molecule has 0 radical (unpaired) electrons. The second-order valence-electron chi connectivity index (χ2n) is 3.59. The van der Waals surface area contributed by atoms with Gasteiger partial charge in [-0.2, -0.15) is 11.8 Å². The first-order valence-electron chi connectivity index (χ1n) is 4.76. The SMILES string of the molecule is CN(C)CCSCc1ccc(F)cc1F. The van der Waals surface area contributed by atoms with Crippen molar-refractivity contribution in [1.82, 2.24) is 4.90 Å². The number of nitrogens with zero attached hydrogens (tertiary/aromatic N) is 1. The van der Waals surface area contributed by atoms with E-state index in [1.54, 1.807) is 11.8 Å². The van der Waals surface area contributed by atoms with E-state index >= 15 is 0 Å². The van der Waals surface area contributed by atoms with Crippen LogP contribution in [-0.2, 0) is 5.75 Å². The van der Waals surface area contributed by atoms with Gasteiger partial charge in [0.2, 0.25) is 0 Å². The highest BCUT2D eigenvalue weighted by Gasteiger charge is 2.03. The number of benzene rings is 1. The van der Waals surface area contributed by atoms with E-state index in [2.05, 4.69) is 4.90 Å². The van der Waals surface area contributed by atoms with Gasteiger partial charge >= 0.3 is 0 Å². The third kappa shape index (κ3) is 4.62. The Morgan fingerprint density at radius 3 is 2.60 bits per heavy atom. The zero-order valence-corrected chi connectivity index (χ0v) is 9.78. The van der Waals surface area contributed by atoms with Crippen LogP contribution in [0.15, 0.2) is 18.2 Å². The van der Waals surface area contributed by atoms with Crippen LogP contribution in [0.5, 0.6) is 0 Å². The lowest BCUT2D eigenvalue weighted by Gasteiger charge is -2.08. The van der Waals surface area contributed by atoms with Gasteiger partial charge in [0.15, 0.2) is 0 Å². The molecule has 0 heterocycles. The summed E-state index contributed by atoms with van der Waals surface area (Å²) in [7, 11) is 4.00. The molecule has 0 N–H and O–H groups in total.